The van der Waals surface area contributed by atoms with Gasteiger partial charge in [-0.1, -0.05) is 18.2 Å². The number of aryl methyl sites for hydroxylation is 2. The lowest BCUT2D eigenvalue weighted by Gasteiger charge is -1.93. The minimum Gasteiger partial charge on any atom is -0.278 e. The van der Waals surface area contributed by atoms with E-state index in [1.165, 1.54) is 0 Å². The second-order valence-corrected chi connectivity index (χ2v) is 4.29. The normalized spacial score (nSPS) is 11.1. The van der Waals surface area contributed by atoms with E-state index < -0.39 is 8.25 Å². The van der Waals surface area contributed by atoms with Crippen molar-refractivity contribution in [3.05, 3.63) is 41.7 Å². The highest BCUT2D eigenvalue weighted by atomic mass is 31.1. The van der Waals surface area contributed by atoms with E-state index in [9.17, 15) is 4.57 Å². The molecule has 2 aromatic rings. The smallest absolute Gasteiger partial charge is 0.278 e. The zero-order chi connectivity index (χ0) is 12.3. The van der Waals surface area contributed by atoms with Gasteiger partial charge in [0.05, 0.1) is 5.69 Å². The molecule has 1 N–H and O–H groups in total. The second kappa shape index (κ2) is 4.97. The van der Waals surface area contributed by atoms with Gasteiger partial charge in [-0.05, 0) is 26.0 Å². The van der Waals surface area contributed by atoms with Gasteiger partial charge in [0.25, 0.3) is 0 Å². The predicted octanol–water partition coefficient (Wildman–Crippen LogP) is 3.14. The van der Waals surface area contributed by atoms with Crippen molar-refractivity contribution >= 4 is 8.25 Å². The van der Waals surface area contributed by atoms with Crippen molar-refractivity contribution in [1.29, 1.82) is 0 Å². The van der Waals surface area contributed by atoms with E-state index in [-0.39, 0.29) is 0 Å². The average molecular weight is 251 g/mol. The van der Waals surface area contributed by atoms with Crippen molar-refractivity contribution in [2.75, 3.05) is 0 Å². The molecule has 1 aromatic heterocycles. The first-order valence-corrected chi connectivity index (χ1v) is 6.16. The van der Waals surface area contributed by atoms with E-state index in [4.69, 9.17) is 9.05 Å². The van der Waals surface area contributed by atoms with Crippen LogP contribution in [0.25, 0.3) is 0 Å². The Morgan fingerprint density at radius 3 is 2.47 bits per heavy atom. The van der Waals surface area contributed by atoms with Crippen molar-refractivity contribution in [1.82, 2.24) is 10.2 Å². The van der Waals surface area contributed by atoms with E-state index in [1.54, 1.807) is 38.1 Å². The first-order chi connectivity index (χ1) is 8.16. The summed E-state index contributed by atoms with van der Waals surface area (Å²) in [4.78, 5) is 0. The fraction of sp³-hybridized carbons (Fsp3) is 0.182. The van der Waals surface area contributed by atoms with Gasteiger partial charge in [-0.25, -0.2) is 9.05 Å². The van der Waals surface area contributed by atoms with E-state index in [0.29, 0.717) is 17.2 Å². The molecule has 0 amide bonds. The Morgan fingerprint density at radius 2 is 1.88 bits per heavy atom. The molecule has 0 radical (unpaired) electrons. The van der Waals surface area contributed by atoms with Gasteiger partial charge in [0.1, 0.15) is 5.69 Å². The Labute approximate surface area is 99.7 Å². The zero-order valence-corrected chi connectivity index (χ0v) is 10.4. The molecule has 0 saturated carbocycles. The topological polar surface area (TPSA) is 64.2 Å². The zero-order valence-electron chi connectivity index (χ0n) is 9.51. The monoisotopic (exact) mass is 251 g/mol. The summed E-state index contributed by atoms with van der Waals surface area (Å²) in [5.41, 5.74) is 1.38. The number of aromatic amines is 1. The summed E-state index contributed by atoms with van der Waals surface area (Å²) in [6, 6.07) is 8.88. The van der Waals surface area contributed by atoms with Gasteiger partial charge in [-0.15, -0.1) is 0 Å². The van der Waals surface area contributed by atoms with Crippen molar-refractivity contribution < 1.29 is 13.6 Å². The largest absolute Gasteiger partial charge is 0.805 e. The highest BCUT2D eigenvalue weighted by Gasteiger charge is 2.27. The van der Waals surface area contributed by atoms with Crippen molar-refractivity contribution in [3.63, 3.8) is 0 Å². The molecular formula is C11H12N2O3P+. The molecule has 0 aliphatic heterocycles. The van der Waals surface area contributed by atoms with Gasteiger partial charge in [0.15, 0.2) is 5.75 Å². The lowest BCUT2D eigenvalue weighted by atomic mass is 10.3. The maximum Gasteiger partial charge on any atom is 0.805 e. The first kappa shape index (κ1) is 11.6. The Morgan fingerprint density at radius 1 is 1.18 bits per heavy atom. The van der Waals surface area contributed by atoms with Crippen LogP contribution in [0.1, 0.15) is 11.4 Å². The summed E-state index contributed by atoms with van der Waals surface area (Å²) in [5.74, 6) is 0.981. The number of rotatable bonds is 4. The number of para-hydroxylation sites is 1. The third-order valence-corrected chi connectivity index (χ3v) is 2.84. The number of benzene rings is 1. The van der Waals surface area contributed by atoms with Gasteiger partial charge in [-0.2, -0.15) is 5.10 Å². The molecule has 17 heavy (non-hydrogen) atoms. The highest BCUT2D eigenvalue weighted by molar-refractivity contribution is 7.34. The van der Waals surface area contributed by atoms with Crippen LogP contribution in [0.5, 0.6) is 11.5 Å². The molecule has 0 bridgehead atoms. The van der Waals surface area contributed by atoms with Crippen LogP contribution in [-0.4, -0.2) is 10.2 Å². The summed E-state index contributed by atoms with van der Waals surface area (Å²) in [6.07, 6.45) is 0. The summed E-state index contributed by atoms with van der Waals surface area (Å²) in [5, 5.41) is 6.69. The number of H-pyrrole nitrogens is 1. The van der Waals surface area contributed by atoms with Crippen LogP contribution in [-0.2, 0) is 4.57 Å². The second-order valence-electron chi connectivity index (χ2n) is 3.48. The van der Waals surface area contributed by atoms with E-state index in [1.807, 2.05) is 6.07 Å². The third-order valence-electron chi connectivity index (χ3n) is 2.15. The van der Waals surface area contributed by atoms with Crippen LogP contribution in [0.2, 0.25) is 0 Å². The van der Waals surface area contributed by atoms with Crippen LogP contribution >= 0.6 is 8.25 Å². The van der Waals surface area contributed by atoms with Crippen LogP contribution in [0, 0.1) is 13.8 Å². The number of hydrogen-bond donors (Lipinski definition) is 1. The lowest BCUT2D eigenvalue weighted by molar-refractivity contribution is 0.413. The average Bonchev–Trinajstić information content (AvgIpc) is 2.62. The van der Waals surface area contributed by atoms with Crippen molar-refractivity contribution in [2.45, 2.75) is 13.8 Å². The molecule has 1 unspecified atom stereocenters. The molecule has 1 heterocycles. The van der Waals surface area contributed by atoms with Crippen molar-refractivity contribution in [2.24, 2.45) is 0 Å². The molecule has 6 heteroatoms. The maximum absolute atomic E-state index is 11.6. The van der Waals surface area contributed by atoms with Crippen LogP contribution in [0.3, 0.4) is 0 Å². The van der Waals surface area contributed by atoms with E-state index in [0.717, 1.165) is 5.69 Å². The predicted molar refractivity (Wildman–Crippen MR) is 63.4 cm³/mol. The summed E-state index contributed by atoms with van der Waals surface area (Å²) >= 11 is 0. The molecule has 0 aliphatic rings. The fourth-order valence-electron chi connectivity index (χ4n) is 1.34. The number of aromatic nitrogens is 2. The molecule has 1 aromatic carbocycles. The molecule has 88 valence electrons. The quantitative estimate of drug-likeness (QED) is 0.848. The van der Waals surface area contributed by atoms with Gasteiger partial charge in [0, 0.05) is 4.57 Å². The highest BCUT2D eigenvalue weighted by Crippen LogP contribution is 2.33. The third kappa shape index (κ3) is 2.82. The summed E-state index contributed by atoms with van der Waals surface area (Å²) in [6.45, 7) is 3.56. The standard InChI is InChI=1S/C11H12N2O3P/c1-8-11(9(2)13-12-8)16-17(14)15-10-6-4-3-5-7-10/h3-7H,1-2H3,(H,12,13)/q+1. The van der Waals surface area contributed by atoms with Crippen LogP contribution < -0.4 is 9.05 Å². The minimum atomic E-state index is -2.25. The first-order valence-electron chi connectivity index (χ1n) is 5.06. The molecule has 0 fully saturated rings. The molecule has 1 atom stereocenters. The van der Waals surface area contributed by atoms with Crippen molar-refractivity contribution in [3.8, 4) is 11.5 Å². The van der Waals surface area contributed by atoms with E-state index in [2.05, 4.69) is 10.2 Å². The Bertz CT molecular complexity index is 505. The van der Waals surface area contributed by atoms with Crippen LogP contribution in [0.15, 0.2) is 30.3 Å². The SMILES string of the molecule is Cc1n[nH]c(C)c1O[P+](=O)Oc1ccccc1. The summed E-state index contributed by atoms with van der Waals surface area (Å²) in [7, 11) is -2.25. The minimum absolute atomic E-state index is 0.474. The Kier molecular flexibility index (Phi) is 3.40. The van der Waals surface area contributed by atoms with Gasteiger partial charge in [0.2, 0.25) is 5.75 Å². The Balaban J connectivity index is 2.03. The van der Waals surface area contributed by atoms with Gasteiger partial charge >= 0.3 is 8.25 Å². The molecular weight excluding hydrogens is 239 g/mol. The molecule has 0 spiro atoms. The molecule has 0 saturated heterocycles. The lowest BCUT2D eigenvalue weighted by Crippen LogP contribution is -1.90. The van der Waals surface area contributed by atoms with Gasteiger partial charge < -0.3 is 0 Å². The molecule has 5 nitrogen and oxygen atoms in total. The number of nitrogens with zero attached hydrogens (tertiary/aromatic N) is 1. The molecule has 2 rings (SSSR count). The number of nitrogens with one attached hydrogen (secondary N) is 1. The Hall–Kier alpha value is -1.87. The maximum atomic E-state index is 11.6. The number of hydrogen-bond acceptors (Lipinski definition) is 4. The summed E-state index contributed by atoms with van der Waals surface area (Å²) < 4.78 is 22.0. The molecule has 0 aliphatic carbocycles. The van der Waals surface area contributed by atoms with E-state index >= 15 is 0 Å². The fourth-order valence-corrected chi connectivity index (χ4v) is 2.08. The van der Waals surface area contributed by atoms with Crippen LogP contribution in [0.4, 0.5) is 0 Å². The van der Waals surface area contributed by atoms with Gasteiger partial charge in [-0.3, -0.25) is 5.10 Å².